The summed E-state index contributed by atoms with van der Waals surface area (Å²) in [6.45, 7) is 4.75. The molecule has 0 aliphatic carbocycles. The third kappa shape index (κ3) is 4.07. The standard InChI is InChI=1S/C23H21ClN4/c1-15-11-16(2)13-18(12-15)26-23-27-21-10-6-4-8-19(21)22(28-23)25-14-17-7-3-5-9-20(17)24/h3-13H,14H2,1-2H3,(H2,25,26,27,28). The summed E-state index contributed by atoms with van der Waals surface area (Å²) in [6.07, 6.45) is 0. The van der Waals surface area contributed by atoms with Gasteiger partial charge in [-0.3, -0.25) is 0 Å². The highest BCUT2D eigenvalue weighted by molar-refractivity contribution is 6.31. The van der Waals surface area contributed by atoms with Crippen molar-refractivity contribution < 1.29 is 0 Å². The highest BCUT2D eigenvalue weighted by atomic mass is 35.5. The summed E-state index contributed by atoms with van der Waals surface area (Å²) in [5, 5.41) is 8.47. The quantitative estimate of drug-likeness (QED) is 0.424. The number of fused-ring (bicyclic) bond motifs is 1. The van der Waals surface area contributed by atoms with Gasteiger partial charge >= 0.3 is 0 Å². The van der Waals surface area contributed by atoms with Gasteiger partial charge < -0.3 is 10.6 Å². The van der Waals surface area contributed by atoms with Crippen LogP contribution in [0.5, 0.6) is 0 Å². The Labute approximate surface area is 169 Å². The molecule has 0 atom stereocenters. The van der Waals surface area contributed by atoms with Crippen LogP contribution in [-0.4, -0.2) is 9.97 Å². The molecule has 0 aliphatic heterocycles. The lowest BCUT2D eigenvalue weighted by molar-refractivity contribution is 1.10. The summed E-state index contributed by atoms with van der Waals surface area (Å²) in [5.74, 6) is 1.34. The zero-order valence-electron chi connectivity index (χ0n) is 15.8. The molecular formula is C23H21ClN4. The SMILES string of the molecule is Cc1cc(C)cc(Nc2nc(NCc3ccccc3Cl)c3ccccc3n2)c1. The molecule has 0 bridgehead atoms. The minimum Gasteiger partial charge on any atom is -0.365 e. The number of aromatic nitrogens is 2. The fraction of sp³-hybridized carbons (Fsp3) is 0.130. The first-order valence-electron chi connectivity index (χ1n) is 9.18. The number of nitrogens with zero attached hydrogens (tertiary/aromatic N) is 2. The van der Waals surface area contributed by atoms with Crippen LogP contribution in [0.15, 0.2) is 66.7 Å². The lowest BCUT2D eigenvalue weighted by atomic mass is 10.1. The van der Waals surface area contributed by atoms with Gasteiger partial charge in [0.05, 0.1) is 5.52 Å². The van der Waals surface area contributed by atoms with Crippen LogP contribution in [0.25, 0.3) is 10.9 Å². The first-order valence-corrected chi connectivity index (χ1v) is 9.56. The van der Waals surface area contributed by atoms with Gasteiger partial charge in [0, 0.05) is 22.6 Å². The monoisotopic (exact) mass is 388 g/mol. The highest BCUT2D eigenvalue weighted by Gasteiger charge is 2.09. The Morgan fingerprint density at radius 3 is 2.36 bits per heavy atom. The van der Waals surface area contributed by atoms with Crippen molar-refractivity contribution in [2.75, 3.05) is 10.6 Å². The van der Waals surface area contributed by atoms with E-state index in [2.05, 4.69) is 47.7 Å². The van der Waals surface area contributed by atoms with Crippen molar-refractivity contribution in [3.63, 3.8) is 0 Å². The Morgan fingerprint density at radius 2 is 1.57 bits per heavy atom. The number of halogens is 1. The molecule has 4 nitrogen and oxygen atoms in total. The van der Waals surface area contributed by atoms with Crippen LogP contribution >= 0.6 is 11.6 Å². The molecule has 4 aromatic rings. The predicted molar refractivity (Wildman–Crippen MR) is 118 cm³/mol. The Hall–Kier alpha value is -3.11. The molecule has 0 saturated carbocycles. The van der Waals surface area contributed by atoms with Crippen molar-refractivity contribution in [1.82, 2.24) is 9.97 Å². The van der Waals surface area contributed by atoms with Gasteiger partial charge in [0.15, 0.2) is 0 Å². The number of rotatable bonds is 5. The molecule has 28 heavy (non-hydrogen) atoms. The Bertz CT molecular complexity index is 1120. The zero-order valence-corrected chi connectivity index (χ0v) is 16.6. The van der Waals surface area contributed by atoms with Crippen LogP contribution < -0.4 is 10.6 Å². The van der Waals surface area contributed by atoms with E-state index in [9.17, 15) is 0 Å². The van der Waals surface area contributed by atoms with E-state index < -0.39 is 0 Å². The minimum atomic E-state index is 0.561. The van der Waals surface area contributed by atoms with Crippen LogP contribution in [0.4, 0.5) is 17.5 Å². The molecule has 140 valence electrons. The second-order valence-electron chi connectivity index (χ2n) is 6.86. The minimum absolute atomic E-state index is 0.561. The predicted octanol–water partition coefficient (Wildman–Crippen LogP) is 6.26. The van der Waals surface area contributed by atoms with Crippen molar-refractivity contribution in [1.29, 1.82) is 0 Å². The fourth-order valence-corrected chi connectivity index (χ4v) is 3.47. The van der Waals surface area contributed by atoms with Gasteiger partial charge in [-0.15, -0.1) is 0 Å². The molecule has 0 amide bonds. The molecule has 0 aliphatic rings. The first kappa shape index (κ1) is 18.3. The zero-order chi connectivity index (χ0) is 19.5. The molecule has 0 radical (unpaired) electrons. The van der Waals surface area contributed by atoms with Gasteiger partial charge in [-0.05, 0) is 60.9 Å². The lowest BCUT2D eigenvalue weighted by Gasteiger charge is -2.13. The average Bonchev–Trinajstić information content (AvgIpc) is 2.66. The number of hydrogen-bond donors (Lipinski definition) is 2. The fourth-order valence-electron chi connectivity index (χ4n) is 3.26. The van der Waals surface area contributed by atoms with E-state index in [-0.39, 0.29) is 0 Å². The molecule has 3 aromatic carbocycles. The molecule has 1 aromatic heterocycles. The normalized spacial score (nSPS) is 10.8. The Kier molecular flexibility index (Phi) is 5.13. The largest absolute Gasteiger partial charge is 0.365 e. The topological polar surface area (TPSA) is 49.8 Å². The molecule has 5 heteroatoms. The van der Waals surface area contributed by atoms with E-state index in [1.807, 2.05) is 48.5 Å². The van der Waals surface area contributed by atoms with E-state index in [4.69, 9.17) is 16.6 Å². The van der Waals surface area contributed by atoms with Crippen LogP contribution in [0.1, 0.15) is 16.7 Å². The van der Waals surface area contributed by atoms with Crippen LogP contribution in [0.2, 0.25) is 5.02 Å². The summed E-state index contributed by atoms with van der Waals surface area (Å²) in [4.78, 5) is 9.40. The summed E-state index contributed by atoms with van der Waals surface area (Å²) >= 11 is 6.29. The number of benzene rings is 3. The smallest absolute Gasteiger partial charge is 0.229 e. The number of para-hydroxylation sites is 1. The van der Waals surface area contributed by atoms with Gasteiger partial charge in [0.25, 0.3) is 0 Å². The third-order valence-corrected chi connectivity index (χ3v) is 4.85. The first-order chi connectivity index (χ1) is 13.6. The number of nitrogens with one attached hydrogen (secondary N) is 2. The van der Waals surface area contributed by atoms with E-state index in [0.717, 1.165) is 33.0 Å². The second kappa shape index (κ2) is 7.87. The Morgan fingerprint density at radius 1 is 0.857 bits per heavy atom. The van der Waals surface area contributed by atoms with Gasteiger partial charge in [0.2, 0.25) is 5.95 Å². The highest BCUT2D eigenvalue weighted by Crippen LogP contribution is 2.25. The molecular weight excluding hydrogens is 368 g/mol. The maximum Gasteiger partial charge on any atom is 0.229 e. The van der Waals surface area contributed by atoms with Gasteiger partial charge in [-0.2, -0.15) is 4.98 Å². The van der Waals surface area contributed by atoms with Crippen LogP contribution in [-0.2, 0) is 6.54 Å². The van der Waals surface area contributed by atoms with Crippen molar-refractivity contribution in [2.24, 2.45) is 0 Å². The molecule has 0 spiro atoms. The van der Waals surface area contributed by atoms with E-state index >= 15 is 0 Å². The second-order valence-corrected chi connectivity index (χ2v) is 7.27. The molecule has 4 rings (SSSR count). The van der Waals surface area contributed by atoms with Crippen molar-refractivity contribution in [3.05, 3.63) is 88.4 Å². The maximum absolute atomic E-state index is 6.29. The average molecular weight is 389 g/mol. The Balaban J connectivity index is 1.68. The van der Waals surface area contributed by atoms with E-state index in [1.54, 1.807) is 0 Å². The summed E-state index contributed by atoms with van der Waals surface area (Å²) in [6, 6.07) is 22.1. The molecule has 0 saturated heterocycles. The van der Waals surface area contributed by atoms with Crippen molar-refractivity contribution >= 4 is 40.0 Å². The third-order valence-electron chi connectivity index (χ3n) is 4.49. The van der Waals surface area contributed by atoms with Gasteiger partial charge in [-0.25, -0.2) is 4.98 Å². The van der Waals surface area contributed by atoms with E-state index in [1.165, 1.54) is 11.1 Å². The molecule has 1 heterocycles. The van der Waals surface area contributed by atoms with Crippen molar-refractivity contribution in [3.8, 4) is 0 Å². The summed E-state index contributed by atoms with van der Waals surface area (Å²) in [7, 11) is 0. The van der Waals surface area contributed by atoms with Crippen molar-refractivity contribution in [2.45, 2.75) is 20.4 Å². The van der Waals surface area contributed by atoms with E-state index in [0.29, 0.717) is 12.5 Å². The van der Waals surface area contributed by atoms with Gasteiger partial charge in [-0.1, -0.05) is 48.0 Å². The number of aryl methyl sites for hydroxylation is 2. The number of anilines is 3. The number of hydrogen-bond acceptors (Lipinski definition) is 4. The molecule has 2 N–H and O–H groups in total. The molecule has 0 fully saturated rings. The van der Waals surface area contributed by atoms with Crippen LogP contribution in [0.3, 0.4) is 0 Å². The van der Waals surface area contributed by atoms with Gasteiger partial charge in [0.1, 0.15) is 5.82 Å². The lowest BCUT2D eigenvalue weighted by Crippen LogP contribution is -2.06. The molecule has 0 unspecified atom stereocenters. The maximum atomic E-state index is 6.29. The summed E-state index contributed by atoms with van der Waals surface area (Å²) in [5.41, 5.74) is 5.27. The van der Waals surface area contributed by atoms with Crippen LogP contribution in [0, 0.1) is 13.8 Å². The summed E-state index contributed by atoms with van der Waals surface area (Å²) < 4.78 is 0.